The number of halogens is 2. The number of benzene rings is 2. The van der Waals surface area contributed by atoms with Crippen molar-refractivity contribution >= 4 is 47.2 Å². The van der Waals surface area contributed by atoms with E-state index >= 15 is 0 Å². The first-order chi connectivity index (χ1) is 12.5. The second-order valence-corrected chi connectivity index (χ2v) is 6.89. The SMILES string of the molecule is CN=C(NCc1ccccc1[N+](=O)[O-])NCC1(c2cccc(Cl)c2)CC1.I. The van der Waals surface area contributed by atoms with E-state index in [1.54, 1.807) is 25.2 Å². The van der Waals surface area contributed by atoms with Gasteiger partial charge in [-0.15, -0.1) is 24.0 Å². The summed E-state index contributed by atoms with van der Waals surface area (Å²) in [4.78, 5) is 15.0. The van der Waals surface area contributed by atoms with Gasteiger partial charge in [0.2, 0.25) is 0 Å². The zero-order valence-electron chi connectivity index (χ0n) is 14.9. The Balaban J connectivity index is 0.00000261. The Hall–Kier alpha value is -1.87. The molecule has 27 heavy (non-hydrogen) atoms. The minimum absolute atomic E-state index is 0. The molecule has 0 aromatic heterocycles. The topological polar surface area (TPSA) is 79.6 Å². The predicted molar refractivity (Wildman–Crippen MR) is 119 cm³/mol. The zero-order chi connectivity index (χ0) is 18.6. The van der Waals surface area contributed by atoms with Crippen LogP contribution in [0, 0.1) is 10.1 Å². The molecule has 0 spiro atoms. The van der Waals surface area contributed by atoms with Crippen LogP contribution in [0.25, 0.3) is 0 Å². The van der Waals surface area contributed by atoms with Crippen molar-refractivity contribution in [1.82, 2.24) is 10.6 Å². The Morgan fingerprint density at radius 2 is 1.96 bits per heavy atom. The first-order valence-electron chi connectivity index (χ1n) is 8.47. The maximum atomic E-state index is 11.1. The number of nitrogens with one attached hydrogen (secondary N) is 2. The molecule has 0 radical (unpaired) electrons. The van der Waals surface area contributed by atoms with Crippen LogP contribution in [0.2, 0.25) is 5.02 Å². The van der Waals surface area contributed by atoms with Gasteiger partial charge in [-0.2, -0.15) is 0 Å². The van der Waals surface area contributed by atoms with E-state index in [0.29, 0.717) is 18.1 Å². The summed E-state index contributed by atoms with van der Waals surface area (Å²) in [6, 6.07) is 14.7. The molecule has 2 aromatic carbocycles. The third kappa shape index (κ3) is 5.32. The van der Waals surface area contributed by atoms with Crippen LogP contribution in [-0.2, 0) is 12.0 Å². The monoisotopic (exact) mass is 500 g/mol. The average molecular weight is 501 g/mol. The highest BCUT2D eigenvalue weighted by molar-refractivity contribution is 14.0. The molecular weight excluding hydrogens is 479 g/mol. The zero-order valence-corrected chi connectivity index (χ0v) is 18.0. The first-order valence-corrected chi connectivity index (χ1v) is 8.85. The summed E-state index contributed by atoms with van der Waals surface area (Å²) in [5, 5.41) is 18.3. The molecule has 1 aliphatic rings. The molecule has 1 saturated carbocycles. The van der Waals surface area contributed by atoms with Crippen LogP contribution in [0.5, 0.6) is 0 Å². The summed E-state index contributed by atoms with van der Waals surface area (Å²) in [6.07, 6.45) is 2.20. The van der Waals surface area contributed by atoms with Crippen molar-refractivity contribution in [2.24, 2.45) is 4.99 Å². The van der Waals surface area contributed by atoms with Crippen molar-refractivity contribution in [3.8, 4) is 0 Å². The van der Waals surface area contributed by atoms with Gasteiger partial charge in [0.25, 0.3) is 5.69 Å². The molecule has 0 aliphatic heterocycles. The maximum Gasteiger partial charge on any atom is 0.274 e. The quantitative estimate of drug-likeness (QED) is 0.204. The summed E-state index contributed by atoms with van der Waals surface area (Å²) < 4.78 is 0. The number of nitro groups is 1. The highest BCUT2D eigenvalue weighted by Crippen LogP contribution is 2.48. The standard InChI is InChI=1S/C19H21ClN4O2.HI/c1-21-18(22-12-14-5-2-3-8-17(14)24(25)26)23-13-19(9-10-19)15-6-4-7-16(20)11-15;/h2-8,11H,9-10,12-13H2,1H3,(H2,21,22,23);1H. The number of aliphatic imine (C=N–C) groups is 1. The molecule has 0 unspecified atom stereocenters. The van der Waals surface area contributed by atoms with E-state index < -0.39 is 0 Å². The summed E-state index contributed by atoms with van der Waals surface area (Å²) in [5.74, 6) is 0.622. The summed E-state index contributed by atoms with van der Waals surface area (Å²) in [7, 11) is 1.69. The molecule has 0 amide bonds. The first kappa shape index (κ1) is 21.4. The Morgan fingerprint density at radius 1 is 1.22 bits per heavy atom. The van der Waals surface area contributed by atoms with Crippen molar-refractivity contribution in [2.45, 2.75) is 24.8 Å². The maximum absolute atomic E-state index is 11.1. The summed E-state index contributed by atoms with van der Waals surface area (Å²) in [5.41, 5.74) is 2.04. The van der Waals surface area contributed by atoms with Gasteiger partial charge in [0, 0.05) is 42.2 Å². The number of hydrogen-bond acceptors (Lipinski definition) is 3. The fraction of sp³-hybridized carbons (Fsp3) is 0.316. The van der Waals surface area contributed by atoms with Gasteiger partial charge in [-0.05, 0) is 30.5 Å². The number of rotatable bonds is 6. The van der Waals surface area contributed by atoms with Crippen LogP contribution in [0.4, 0.5) is 5.69 Å². The molecular formula is C19H22ClIN4O2. The largest absolute Gasteiger partial charge is 0.356 e. The number of para-hydroxylation sites is 1. The predicted octanol–water partition coefficient (Wildman–Crippen LogP) is 4.26. The van der Waals surface area contributed by atoms with E-state index in [0.717, 1.165) is 24.4 Å². The molecule has 1 aliphatic carbocycles. The minimum Gasteiger partial charge on any atom is -0.356 e. The lowest BCUT2D eigenvalue weighted by Crippen LogP contribution is -2.41. The Labute approximate surface area is 180 Å². The number of hydrogen-bond donors (Lipinski definition) is 2. The molecule has 0 atom stereocenters. The molecule has 2 aromatic rings. The molecule has 0 bridgehead atoms. The van der Waals surface area contributed by atoms with Gasteiger partial charge >= 0.3 is 0 Å². The van der Waals surface area contributed by atoms with Crippen molar-refractivity contribution in [2.75, 3.05) is 13.6 Å². The van der Waals surface area contributed by atoms with Gasteiger partial charge in [-0.3, -0.25) is 15.1 Å². The fourth-order valence-corrected chi connectivity index (χ4v) is 3.22. The third-order valence-electron chi connectivity index (χ3n) is 4.74. The van der Waals surface area contributed by atoms with Crippen LogP contribution in [0.3, 0.4) is 0 Å². The third-order valence-corrected chi connectivity index (χ3v) is 4.98. The van der Waals surface area contributed by atoms with E-state index in [1.807, 2.05) is 18.2 Å². The number of nitrogens with zero attached hydrogens (tertiary/aromatic N) is 2. The van der Waals surface area contributed by atoms with Crippen molar-refractivity contribution < 1.29 is 4.92 Å². The van der Waals surface area contributed by atoms with Gasteiger partial charge in [0.1, 0.15) is 0 Å². The van der Waals surface area contributed by atoms with Gasteiger partial charge in [-0.25, -0.2) is 0 Å². The van der Waals surface area contributed by atoms with E-state index in [9.17, 15) is 10.1 Å². The second-order valence-electron chi connectivity index (χ2n) is 6.46. The Kier molecular flexibility index (Phi) is 7.43. The Morgan fingerprint density at radius 3 is 2.59 bits per heavy atom. The Bertz CT molecular complexity index is 840. The van der Waals surface area contributed by atoms with Gasteiger partial charge in [0.15, 0.2) is 5.96 Å². The summed E-state index contributed by atoms with van der Waals surface area (Å²) >= 11 is 6.12. The van der Waals surface area contributed by atoms with E-state index in [1.165, 1.54) is 11.6 Å². The van der Waals surface area contributed by atoms with Crippen molar-refractivity contribution in [3.05, 3.63) is 74.8 Å². The van der Waals surface area contributed by atoms with Crippen LogP contribution in [0.15, 0.2) is 53.5 Å². The molecule has 8 heteroatoms. The second kappa shape index (κ2) is 9.36. The normalized spacial score (nSPS) is 14.8. The van der Waals surface area contributed by atoms with Crippen LogP contribution in [0.1, 0.15) is 24.0 Å². The number of guanidine groups is 1. The van der Waals surface area contributed by atoms with Crippen molar-refractivity contribution in [3.63, 3.8) is 0 Å². The molecule has 6 nitrogen and oxygen atoms in total. The lowest BCUT2D eigenvalue weighted by atomic mass is 9.96. The number of nitro benzene ring substituents is 1. The van der Waals surface area contributed by atoms with Crippen LogP contribution >= 0.6 is 35.6 Å². The molecule has 1 fully saturated rings. The average Bonchev–Trinajstić information content (AvgIpc) is 3.43. The lowest BCUT2D eigenvalue weighted by Gasteiger charge is -2.19. The smallest absolute Gasteiger partial charge is 0.274 e. The highest BCUT2D eigenvalue weighted by Gasteiger charge is 2.44. The van der Waals surface area contributed by atoms with Gasteiger partial charge < -0.3 is 10.6 Å². The van der Waals surface area contributed by atoms with E-state index in [-0.39, 0.29) is 40.0 Å². The molecule has 2 N–H and O–H groups in total. The summed E-state index contributed by atoms with van der Waals surface area (Å²) in [6.45, 7) is 1.07. The highest BCUT2D eigenvalue weighted by atomic mass is 127. The van der Waals surface area contributed by atoms with Crippen LogP contribution in [-0.4, -0.2) is 24.5 Å². The molecule has 3 rings (SSSR count). The van der Waals surface area contributed by atoms with Gasteiger partial charge in [-0.1, -0.05) is 41.9 Å². The van der Waals surface area contributed by atoms with E-state index in [2.05, 4.69) is 21.7 Å². The van der Waals surface area contributed by atoms with Crippen LogP contribution < -0.4 is 10.6 Å². The lowest BCUT2D eigenvalue weighted by molar-refractivity contribution is -0.385. The van der Waals surface area contributed by atoms with Gasteiger partial charge in [0.05, 0.1) is 4.92 Å². The molecule has 144 valence electrons. The fourth-order valence-electron chi connectivity index (χ4n) is 3.03. The molecule has 0 heterocycles. The van der Waals surface area contributed by atoms with Crippen molar-refractivity contribution in [1.29, 1.82) is 0 Å². The molecule has 0 saturated heterocycles. The minimum atomic E-state index is -0.370. The van der Waals surface area contributed by atoms with E-state index in [4.69, 9.17) is 11.6 Å².